The predicted octanol–water partition coefficient (Wildman–Crippen LogP) is 3.79. The van der Waals surface area contributed by atoms with Crippen LogP contribution in [0.2, 0.25) is 0 Å². The zero-order valence-electron chi connectivity index (χ0n) is 17.4. The van der Waals surface area contributed by atoms with Gasteiger partial charge in [-0.15, -0.1) is 24.0 Å². The van der Waals surface area contributed by atoms with Gasteiger partial charge in [-0.25, -0.2) is 13.8 Å². The van der Waals surface area contributed by atoms with E-state index in [9.17, 15) is 8.78 Å². The van der Waals surface area contributed by atoms with Crippen molar-refractivity contribution in [1.29, 1.82) is 0 Å². The number of H-pyrrole nitrogens is 1. The number of hydrogen-bond acceptors (Lipinski definition) is 3. The first-order valence-electron chi connectivity index (χ1n) is 10.2. The van der Waals surface area contributed by atoms with Gasteiger partial charge in [0, 0.05) is 52.3 Å². The minimum absolute atomic E-state index is 0. The topological polar surface area (TPSA) is 59.6 Å². The highest BCUT2D eigenvalue weighted by atomic mass is 127. The van der Waals surface area contributed by atoms with Crippen molar-refractivity contribution >= 4 is 46.7 Å². The SMILES string of the molecule is CN=C(NCCCc1nc2ccccc2[nH]1)N1CCN(c2cc(F)ccc2F)CC1.I. The molecule has 3 aromatic rings. The summed E-state index contributed by atoms with van der Waals surface area (Å²) >= 11 is 0. The standard InChI is InChI=1S/C22H26F2N6.HI/c1-25-22(26-10-4-7-21-27-18-5-2-3-6-19(18)28-21)30-13-11-29(12-14-30)20-15-16(23)8-9-17(20)24;/h2-3,5-6,8-9,15H,4,7,10-14H2,1H3,(H,25,26)(H,27,28);1H. The van der Waals surface area contributed by atoms with E-state index in [1.165, 1.54) is 12.1 Å². The Bertz CT molecular complexity index is 997. The molecule has 166 valence electrons. The van der Waals surface area contributed by atoms with E-state index in [1.807, 2.05) is 29.2 Å². The maximum atomic E-state index is 14.0. The van der Waals surface area contributed by atoms with Crippen molar-refractivity contribution in [2.75, 3.05) is 44.7 Å². The molecule has 4 rings (SSSR count). The third-order valence-corrected chi connectivity index (χ3v) is 5.35. The molecule has 0 aliphatic carbocycles. The molecule has 0 saturated carbocycles. The van der Waals surface area contributed by atoms with Crippen molar-refractivity contribution in [2.24, 2.45) is 4.99 Å². The number of hydrogen-bond donors (Lipinski definition) is 2. The highest BCUT2D eigenvalue weighted by Crippen LogP contribution is 2.22. The molecule has 2 heterocycles. The van der Waals surface area contributed by atoms with Gasteiger partial charge in [-0.05, 0) is 30.7 Å². The fourth-order valence-corrected chi connectivity index (χ4v) is 3.80. The lowest BCUT2D eigenvalue weighted by atomic mass is 10.2. The van der Waals surface area contributed by atoms with E-state index < -0.39 is 11.6 Å². The number of imidazole rings is 1. The molecule has 1 aliphatic heterocycles. The van der Waals surface area contributed by atoms with Gasteiger partial charge in [0.05, 0.1) is 16.7 Å². The summed E-state index contributed by atoms with van der Waals surface area (Å²) in [5, 5.41) is 3.40. The van der Waals surface area contributed by atoms with Crippen LogP contribution >= 0.6 is 24.0 Å². The lowest BCUT2D eigenvalue weighted by Crippen LogP contribution is -2.52. The number of guanidine groups is 1. The van der Waals surface area contributed by atoms with Crippen LogP contribution in [0.15, 0.2) is 47.5 Å². The zero-order chi connectivity index (χ0) is 20.9. The molecule has 31 heavy (non-hydrogen) atoms. The van der Waals surface area contributed by atoms with Gasteiger partial charge in [0.1, 0.15) is 17.5 Å². The average Bonchev–Trinajstić information content (AvgIpc) is 3.19. The number of aromatic amines is 1. The van der Waals surface area contributed by atoms with Crippen LogP contribution in [0, 0.1) is 11.6 Å². The Morgan fingerprint density at radius 3 is 2.65 bits per heavy atom. The number of anilines is 1. The third-order valence-electron chi connectivity index (χ3n) is 5.35. The Hall–Kier alpha value is -2.43. The van der Waals surface area contributed by atoms with E-state index >= 15 is 0 Å². The normalized spacial score (nSPS) is 14.6. The number of para-hydroxylation sites is 2. The van der Waals surface area contributed by atoms with E-state index in [2.05, 4.69) is 25.2 Å². The monoisotopic (exact) mass is 540 g/mol. The second kappa shape index (κ2) is 10.7. The van der Waals surface area contributed by atoms with Gasteiger partial charge in [-0.3, -0.25) is 4.99 Å². The van der Waals surface area contributed by atoms with Gasteiger partial charge in [0.15, 0.2) is 5.96 Å². The molecule has 0 bridgehead atoms. The van der Waals surface area contributed by atoms with Gasteiger partial charge in [0.25, 0.3) is 0 Å². The molecule has 1 aliphatic rings. The number of piperazine rings is 1. The molecule has 9 heteroatoms. The molecule has 0 spiro atoms. The van der Waals surface area contributed by atoms with Gasteiger partial charge in [-0.2, -0.15) is 0 Å². The number of aliphatic imine (C=N–C) groups is 1. The van der Waals surface area contributed by atoms with Crippen LogP contribution in [0.1, 0.15) is 12.2 Å². The van der Waals surface area contributed by atoms with Crippen LogP contribution in [0.25, 0.3) is 11.0 Å². The summed E-state index contributed by atoms with van der Waals surface area (Å²) < 4.78 is 27.5. The average molecular weight is 540 g/mol. The van der Waals surface area contributed by atoms with E-state index in [0.717, 1.165) is 48.3 Å². The number of aryl methyl sites for hydroxylation is 1. The first-order chi connectivity index (χ1) is 14.6. The van der Waals surface area contributed by atoms with E-state index in [4.69, 9.17) is 0 Å². The van der Waals surface area contributed by atoms with Crippen molar-refractivity contribution in [1.82, 2.24) is 20.2 Å². The number of fused-ring (bicyclic) bond motifs is 1. The number of nitrogens with one attached hydrogen (secondary N) is 2. The summed E-state index contributed by atoms with van der Waals surface area (Å²) in [6.45, 7) is 3.39. The molecule has 1 fully saturated rings. The highest BCUT2D eigenvalue weighted by Gasteiger charge is 2.22. The molecule has 1 aromatic heterocycles. The second-order valence-electron chi connectivity index (χ2n) is 7.35. The van der Waals surface area contributed by atoms with Crippen molar-refractivity contribution in [3.05, 3.63) is 59.9 Å². The Labute approximate surface area is 197 Å². The van der Waals surface area contributed by atoms with Crippen molar-refractivity contribution < 1.29 is 8.78 Å². The molecular weight excluding hydrogens is 513 g/mol. The Morgan fingerprint density at radius 2 is 1.90 bits per heavy atom. The van der Waals surface area contributed by atoms with Crippen LogP contribution in [-0.2, 0) is 6.42 Å². The maximum absolute atomic E-state index is 14.0. The van der Waals surface area contributed by atoms with Crippen molar-refractivity contribution in [2.45, 2.75) is 12.8 Å². The van der Waals surface area contributed by atoms with E-state index in [-0.39, 0.29) is 24.0 Å². The lowest BCUT2D eigenvalue weighted by molar-refractivity contribution is 0.370. The summed E-state index contributed by atoms with van der Waals surface area (Å²) in [5.74, 6) is 1.01. The van der Waals surface area contributed by atoms with Crippen molar-refractivity contribution in [3.63, 3.8) is 0 Å². The van der Waals surface area contributed by atoms with Crippen LogP contribution < -0.4 is 10.2 Å². The Kier molecular flexibility index (Phi) is 8.05. The number of benzene rings is 2. The quantitative estimate of drug-likeness (QED) is 0.224. The highest BCUT2D eigenvalue weighted by molar-refractivity contribution is 14.0. The predicted molar refractivity (Wildman–Crippen MR) is 131 cm³/mol. The molecule has 2 N–H and O–H groups in total. The van der Waals surface area contributed by atoms with Crippen LogP contribution in [0.4, 0.5) is 14.5 Å². The fourth-order valence-electron chi connectivity index (χ4n) is 3.80. The van der Waals surface area contributed by atoms with Gasteiger partial charge in [0.2, 0.25) is 0 Å². The van der Waals surface area contributed by atoms with E-state index in [1.54, 1.807) is 7.05 Å². The lowest BCUT2D eigenvalue weighted by Gasteiger charge is -2.37. The first-order valence-corrected chi connectivity index (χ1v) is 10.2. The molecule has 0 amide bonds. The number of nitrogens with zero attached hydrogens (tertiary/aromatic N) is 4. The maximum Gasteiger partial charge on any atom is 0.193 e. The molecule has 6 nitrogen and oxygen atoms in total. The number of aromatic nitrogens is 2. The van der Waals surface area contributed by atoms with Gasteiger partial charge < -0.3 is 20.1 Å². The second-order valence-corrected chi connectivity index (χ2v) is 7.35. The van der Waals surface area contributed by atoms with Crippen LogP contribution in [0.3, 0.4) is 0 Å². The van der Waals surface area contributed by atoms with E-state index in [0.29, 0.717) is 31.9 Å². The number of halogens is 3. The van der Waals surface area contributed by atoms with Crippen LogP contribution in [-0.4, -0.2) is 60.6 Å². The fraction of sp³-hybridized carbons (Fsp3) is 0.364. The summed E-state index contributed by atoms with van der Waals surface area (Å²) in [5.41, 5.74) is 2.37. The van der Waals surface area contributed by atoms with Crippen LogP contribution in [0.5, 0.6) is 0 Å². The van der Waals surface area contributed by atoms with Gasteiger partial charge >= 0.3 is 0 Å². The van der Waals surface area contributed by atoms with Gasteiger partial charge in [-0.1, -0.05) is 12.1 Å². The molecule has 2 aromatic carbocycles. The minimum Gasteiger partial charge on any atom is -0.366 e. The Balaban J connectivity index is 0.00000272. The molecule has 0 radical (unpaired) electrons. The molecule has 0 atom stereocenters. The molecular formula is C22H27F2IN6. The largest absolute Gasteiger partial charge is 0.366 e. The summed E-state index contributed by atoms with van der Waals surface area (Å²) in [6.07, 6.45) is 1.78. The summed E-state index contributed by atoms with van der Waals surface area (Å²) in [6, 6.07) is 11.6. The first kappa shape index (κ1) is 23.2. The summed E-state index contributed by atoms with van der Waals surface area (Å²) in [4.78, 5) is 16.4. The third kappa shape index (κ3) is 5.63. The summed E-state index contributed by atoms with van der Waals surface area (Å²) in [7, 11) is 1.76. The molecule has 0 unspecified atom stereocenters. The number of rotatable bonds is 5. The molecule has 1 saturated heterocycles. The Morgan fingerprint density at radius 1 is 1.13 bits per heavy atom. The zero-order valence-corrected chi connectivity index (χ0v) is 19.8. The minimum atomic E-state index is -0.421. The van der Waals surface area contributed by atoms with Crippen molar-refractivity contribution in [3.8, 4) is 0 Å². The smallest absolute Gasteiger partial charge is 0.193 e.